The zero-order valence-electron chi connectivity index (χ0n) is 27.9. The number of aromatic nitrogens is 3. The number of hydrogen-bond donors (Lipinski definition) is 0. The van der Waals surface area contributed by atoms with Gasteiger partial charge in [0.1, 0.15) is 11.2 Å². The van der Waals surface area contributed by atoms with Crippen molar-refractivity contribution in [1.82, 2.24) is 15.0 Å². The highest BCUT2D eigenvalue weighted by Crippen LogP contribution is 2.39. The molecule has 0 atom stereocenters. The number of nitrogens with zero attached hydrogens (tertiary/aromatic N) is 4. The quantitative estimate of drug-likeness (QED) is 0.171. The van der Waals surface area contributed by atoms with Gasteiger partial charge in [0.15, 0.2) is 17.5 Å². The Kier molecular flexibility index (Phi) is 7.63. The van der Waals surface area contributed by atoms with Gasteiger partial charge in [0, 0.05) is 44.5 Å². The van der Waals surface area contributed by atoms with Gasteiger partial charge in [0.05, 0.1) is 0 Å². The van der Waals surface area contributed by atoms with Crippen molar-refractivity contribution in [3.63, 3.8) is 0 Å². The van der Waals surface area contributed by atoms with E-state index in [9.17, 15) is 0 Å². The van der Waals surface area contributed by atoms with Crippen molar-refractivity contribution in [2.24, 2.45) is 0 Å². The van der Waals surface area contributed by atoms with Gasteiger partial charge in [-0.3, -0.25) is 0 Å². The van der Waals surface area contributed by atoms with E-state index in [0.29, 0.717) is 17.5 Å². The highest BCUT2D eigenvalue weighted by atomic mass is 16.3. The van der Waals surface area contributed by atoms with Gasteiger partial charge in [-0.1, -0.05) is 115 Å². The SMILES string of the molecule is Cc1ccccc1N(c1ccccc1)c1ccc(-c2ccc3c(c2)oc2ccc(-c4nc(-c5ccccc5)nc(-c5ccccc5)n4)cc23)cc1. The third-order valence-electron chi connectivity index (χ3n) is 9.26. The van der Waals surface area contributed by atoms with Gasteiger partial charge in [-0.2, -0.15) is 0 Å². The van der Waals surface area contributed by atoms with Crippen molar-refractivity contribution < 1.29 is 4.42 Å². The Morgan fingerprint density at radius 3 is 1.57 bits per heavy atom. The molecule has 0 amide bonds. The van der Waals surface area contributed by atoms with Gasteiger partial charge in [-0.05, 0) is 84.3 Å². The average Bonchev–Trinajstić information content (AvgIpc) is 3.57. The smallest absolute Gasteiger partial charge is 0.164 e. The lowest BCUT2D eigenvalue weighted by molar-refractivity contribution is 0.669. The van der Waals surface area contributed by atoms with Gasteiger partial charge < -0.3 is 9.32 Å². The van der Waals surface area contributed by atoms with E-state index in [1.165, 1.54) is 5.56 Å². The summed E-state index contributed by atoms with van der Waals surface area (Å²) in [5.74, 6) is 1.89. The molecule has 0 N–H and O–H groups in total. The molecule has 7 aromatic carbocycles. The van der Waals surface area contributed by atoms with Crippen LogP contribution in [0.25, 0.3) is 67.2 Å². The zero-order valence-corrected chi connectivity index (χ0v) is 27.9. The third kappa shape index (κ3) is 5.81. The second kappa shape index (κ2) is 12.9. The molecule has 9 rings (SSSR count). The minimum atomic E-state index is 0.617. The normalized spacial score (nSPS) is 11.2. The number of para-hydroxylation sites is 2. The molecule has 2 heterocycles. The van der Waals surface area contributed by atoms with Crippen molar-refractivity contribution in [3.8, 4) is 45.3 Å². The van der Waals surface area contributed by atoms with E-state index in [1.54, 1.807) is 0 Å². The predicted octanol–water partition coefficient (Wildman–Crippen LogP) is 12.2. The van der Waals surface area contributed by atoms with Gasteiger partial charge in [0.2, 0.25) is 0 Å². The molecule has 242 valence electrons. The topological polar surface area (TPSA) is 55.1 Å². The first kappa shape index (κ1) is 30.2. The van der Waals surface area contributed by atoms with Crippen LogP contribution in [-0.4, -0.2) is 15.0 Å². The number of fused-ring (bicyclic) bond motifs is 3. The molecule has 0 spiro atoms. The molecule has 0 bridgehead atoms. The zero-order chi connectivity index (χ0) is 34.1. The lowest BCUT2D eigenvalue weighted by Gasteiger charge is -2.27. The number of anilines is 3. The molecular formula is C46H32N4O. The molecular weight excluding hydrogens is 625 g/mol. The molecule has 0 aliphatic heterocycles. The summed E-state index contributed by atoms with van der Waals surface area (Å²) in [5.41, 5.74) is 11.2. The lowest BCUT2D eigenvalue weighted by Crippen LogP contribution is -2.11. The summed E-state index contributed by atoms with van der Waals surface area (Å²) in [7, 11) is 0. The highest BCUT2D eigenvalue weighted by molar-refractivity contribution is 6.07. The summed E-state index contributed by atoms with van der Waals surface area (Å²) in [5, 5.41) is 2.06. The van der Waals surface area contributed by atoms with Crippen LogP contribution in [0.3, 0.4) is 0 Å². The van der Waals surface area contributed by atoms with Crippen LogP contribution in [0.2, 0.25) is 0 Å². The fourth-order valence-electron chi connectivity index (χ4n) is 6.66. The molecule has 0 aliphatic carbocycles. The van der Waals surface area contributed by atoms with Gasteiger partial charge >= 0.3 is 0 Å². The largest absolute Gasteiger partial charge is 0.456 e. The molecule has 2 aromatic heterocycles. The predicted molar refractivity (Wildman–Crippen MR) is 208 cm³/mol. The monoisotopic (exact) mass is 656 g/mol. The molecule has 0 aliphatic rings. The Morgan fingerprint density at radius 2 is 0.922 bits per heavy atom. The highest BCUT2D eigenvalue weighted by Gasteiger charge is 2.17. The summed E-state index contributed by atoms with van der Waals surface area (Å²) in [6.07, 6.45) is 0. The molecule has 0 unspecified atom stereocenters. The van der Waals surface area contributed by atoms with Gasteiger partial charge in [-0.15, -0.1) is 0 Å². The van der Waals surface area contributed by atoms with E-state index < -0.39 is 0 Å². The summed E-state index contributed by atoms with van der Waals surface area (Å²) in [6.45, 7) is 2.15. The molecule has 0 saturated heterocycles. The van der Waals surface area contributed by atoms with Crippen LogP contribution >= 0.6 is 0 Å². The average molecular weight is 657 g/mol. The second-order valence-electron chi connectivity index (χ2n) is 12.6. The Hall–Kier alpha value is -6.85. The summed E-state index contributed by atoms with van der Waals surface area (Å²) < 4.78 is 6.42. The lowest BCUT2D eigenvalue weighted by atomic mass is 10.0. The van der Waals surface area contributed by atoms with Crippen LogP contribution in [0.5, 0.6) is 0 Å². The Morgan fingerprint density at radius 1 is 0.392 bits per heavy atom. The molecule has 51 heavy (non-hydrogen) atoms. The van der Waals surface area contributed by atoms with E-state index >= 15 is 0 Å². The van der Waals surface area contributed by atoms with E-state index in [0.717, 1.165) is 66.8 Å². The molecule has 9 aromatic rings. The molecule has 5 nitrogen and oxygen atoms in total. The standard InChI is InChI=1S/C46H32N4O/c1-31-13-11-12-20-41(31)50(37-18-9-4-10-19-37)38-25-21-32(22-26-38)35-23-27-39-40-29-36(24-28-42(40)51-43(39)30-35)46-48-44(33-14-5-2-6-15-33)47-45(49-46)34-16-7-3-8-17-34/h2-30H,1H3. The minimum Gasteiger partial charge on any atom is -0.456 e. The Balaban J connectivity index is 1.08. The number of aryl methyl sites for hydroxylation is 1. The van der Waals surface area contributed by atoms with Crippen LogP contribution < -0.4 is 4.90 Å². The van der Waals surface area contributed by atoms with Crippen LogP contribution in [0.15, 0.2) is 180 Å². The fraction of sp³-hybridized carbons (Fsp3) is 0.0217. The van der Waals surface area contributed by atoms with Crippen molar-refractivity contribution in [3.05, 3.63) is 181 Å². The first-order valence-electron chi connectivity index (χ1n) is 17.0. The molecule has 0 saturated carbocycles. The van der Waals surface area contributed by atoms with Crippen LogP contribution in [-0.2, 0) is 0 Å². The van der Waals surface area contributed by atoms with E-state index in [1.807, 2.05) is 78.9 Å². The van der Waals surface area contributed by atoms with Gasteiger partial charge in [0.25, 0.3) is 0 Å². The Bertz CT molecular complexity index is 2580. The maximum absolute atomic E-state index is 6.42. The third-order valence-corrected chi connectivity index (χ3v) is 9.26. The van der Waals surface area contributed by atoms with Gasteiger partial charge in [-0.25, -0.2) is 15.0 Å². The van der Waals surface area contributed by atoms with Crippen molar-refractivity contribution in [2.75, 3.05) is 4.90 Å². The van der Waals surface area contributed by atoms with Crippen molar-refractivity contribution in [1.29, 1.82) is 0 Å². The minimum absolute atomic E-state index is 0.617. The molecule has 5 heteroatoms. The maximum atomic E-state index is 6.42. The number of hydrogen-bond acceptors (Lipinski definition) is 5. The summed E-state index contributed by atoms with van der Waals surface area (Å²) >= 11 is 0. The second-order valence-corrected chi connectivity index (χ2v) is 12.6. The van der Waals surface area contributed by atoms with Crippen molar-refractivity contribution >= 4 is 39.0 Å². The van der Waals surface area contributed by atoms with E-state index in [-0.39, 0.29) is 0 Å². The summed E-state index contributed by atoms with van der Waals surface area (Å²) in [4.78, 5) is 17.0. The van der Waals surface area contributed by atoms with Crippen LogP contribution in [0, 0.1) is 6.92 Å². The first-order valence-corrected chi connectivity index (χ1v) is 17.0. The number of furan rings is 1. The number of rotatable bonds is 7. The summed E-state index contributed by atoms with van der Waals surface area (Å²) in [6, 6.07) is 60.4. The van der Waals surface area contributed by atoms with E-state index in [2.05, 4.69) is 109 Å². The maximum Gasteiger partial charge on any atom is 0.164 e. The van der Waals surface area contributed by atoms with E-state index in [4.69, 9.17) is 19.4 Å². The van der Waals surface area contributed by atoms with Crippen molar-refractivity contribution in [2.45, 2.75) is 6.92 Å². The number of benzene rings is 7. The molecule has 0 radical (unpaired) electrons. The molecule has 0 fully saturated rings. The van der Waals surface area contributed by atoms with Crippen LogP contribution in [0.4, 0.5) is 17.1 Å². The fourth-order valence-corrected chi connectivity index (χ4v) is 6.66. The first-order chi connectivity index (χ1) is 25.2. The Labute approximate surface area is 296 Å². The van der Waals surface area contributed by atoms with Crippen LogP contribution in [0.1, 0.15) is 5.56 Å².